The molecule has 1 aliphatic rings. The van der Waals surface area contributed by atoms with Gasteiger partial charge in [0.1, 0.15) is 29.6 Å². The van der Waals surface area contributed by atoms with Crippen LogP contribution in [0.15, 0.2) is 49.1 Å². The van der Waals surface area contributed by atoms with Gasteiger partial charge in [0.2, 0.25) is 0 Å². The van der Waals surface area contributed by atoms with E-state index in [0.717, 1.165) is 28.6 Å². The lowest BCUT2D eigenvalue weighted by Crippen LogP contribution is -2.25. The van der Waals surface area contributed by atoms with Gasteiger partial charge in [-0.2, -0.15) is 0 Å². The lowest BCUT2D eigenvalue weighted by molar-refractivity contribution is 0.568. The highest BCUT2D eigenvalue weighted by atomic mass is 19.1. The number of halogens is 2. The van der Waals surface area contributed by atoms with E-state index in [1.807, 2.05) is 14.0 Å². The van der Waals surface area contributed by atoms with Gasteiger partial charge in [0, 0.05) is 49.1 Å². The summed E-state index contributed by atoms with van der Waals surface area (Å²) >= 11 is 0. The van der Waals surface area contributed by atoms with Crippen LogP contribution in [0.25, 0.3) is 5.82 Å². The second kappa shape index (κ2) is 8.16. The Bertz CT molecular complexity index is 1360. The molecule has 0 bridgehead atoms. The molecule has 0 saturated heterocycles. The molecule has 0 fully saturated rings. The topological polar surface area (TPSA) is 71.8 Å². The smallest absolute Gasteiger partial charge is 0.174 e. The van der Waals surface area contributed by atoms with Crippen molar-refractivity contribution in [2.24, 2.45) is 0 Å². The molecular weight excluding hydrogens is 436 g/mol. The second-order valence-electron chi connectivity index (χ2n) is 9.13. The van der Waals surface area contributed by atoms with Gasteiger partial charge in [-0.1, -0.05) is 13.8 Å². The summed E-state index contributed by atoms with van der Waals surface area (Å²) in [5, 5.41) is 3.20. The highest BCUT2D eigenvalue weighted by Gasteiger charge is 2.40. The van der Waals surface area contributed by atoms with Crippen molar-refractivity contribution in [1.29, 1.82) is 0 Å². The van der Waals surface area contributed by atoms with Gasteiger partial charge < -0.3 is 10.2 Å². The van der Waals surface area contributed by atoms with Crippen LogP contribution in [0.4, 0.5) is 26.1 Å². The third-order valence-corrected chi connectivity index (χ3v) is 5.99. The molecule has 1 N–H and O–H groups in total. The SMILES string of the molecule is CNc1nc(Cc2cnc(-n3cnc(C)c3)c(F)c2)nc2c1C(C)(C)CN2c1ccc(F)cc1. The molecule has 174 valence electrons. The van der Waals surface area contributed by atoms with Gasteiger partial charge >= 0.3 is 0 Å². The van der Waals surface area contributed by atoms with Crippen LogP contribution in [0.1, 0.15) is 36.5 Å². The van der Waals surface area contributed by atoms with Crippen molar-refractivity contribution in [1.82, 2.24) is 24.5 Å². The van der Waals surface area contributed by atoms with Crippen molar-refractivity contribution >= 4 is 17.3 Å². The summed E-state index contributed by atoms with van der Waals surface area (Å²) in [7, 11) is 1.83. The van der Waals surface area contributed by atoms with Crippen molar-refractivity contribution in [2.45, 2.75) is 32.6 Å². The van der Waals surface area contributed by atoms with Crippen LogP contribution in [-0.2, 0) is 11.8 Å². The van der Waals surface area contributed by atoms with Crippen molar-refractivity contribution in [3.05, 3.63) is 83.3 Å². The molecule has 1 aromatic carbocycles. The minimum Gasteiger partial charge on any atom is -0.373 e. The quantitative estimate of drug-likeness (QED) is 0.464. The molecule has 0 unspecified atom stereocenters. The maximum absolute atomic E-state index is 14.8. The third kappa shape index (κ3) is 3.87. The summed E-state index contributed by atoms with van der Waals surface area (Å²) < 4.78 is 29.9. The fraction of sp³-hybridized carbons (Fsp3) is 0.280. The molecule has 0 amide bonds. The second-order valence-corrected chi connectivity index (χ2v) is 9.13. The predicted molar refractivity (Wildman–Crippen MR) is 127 cm³/mol. The molecule has 0 saturated carbocycles. The Labute approximate surface area is 196 Å². The van der Waals surface area contributed by atoms with Gasteiger partial charge in [0.15, 0.2) is 11.6 Å². The van der Waals surface area contributed by atoms with Crippen LogP contribution in [0, 0.1) is 18.6 Å². The first-order chi connectivity index (χ1) is 16.2. The third-order valence-electron chi connectivity index (χ3n) is 5.99. The number of pyridine rings is 1. The average molecular weight is 462 g/mol. The van der Waals surface area contributed by atoms with Crippen molar-refractivity contribution in [2.75, 3.05) is 23.8 Å². The Morgan fingerprint density at radius 3 is 2.47 bits per heavy atom. The number of fused-ring (bicyclic) bond motifs is 1. The summed E-state index contributed by atoms with van der Waals surface area (Å²) in [6.07, 6.45) is 5.20. The molecule has 0 spiro atoms. The van der Waals surface area contributed by atoms with E-state index in [1.165, 1.54) is 24.5 Å². The minimum absolute atomic E-state index is 0.194. The summed E-state index contributed by atoms with van der Waals surface area (Å²) in [6.45, 7) is 6.78. The highest BCUT2D eigenvalue weighted by molar-refractivity contribution is 5.74. The molecule has 5 rings (SSSR count). The number of hydrogen-bond acceptors (Lipinski definition) is 6. The summed E-state index contributed by atoms with van der Waals surface area (Å²) in [4.78, 5) is 20.1. The molecule has 4 aromatic rings. The molecule has 34 heavy (non-hydrogen) atoms. The van der Waals surface area contributed by atoms with E-state index < -0.39 is 5.82 Å². The van der Waals surface area contributed by atoms with E-state index in [0.29, 0.717) is 24.4 Å². The first-order valence-electron chi connectivity index (χ1n) is 11.0. The van der Waals surface area contributed by atoms with E-state index in [9.17, 15) is 8.78 Å². The zero-order valence-electron chi connectivity index (χ0n) is 19.5. The molecule has 7 nitrogen and oxygen atoms in total. The summed E-state index contributed by atoms with van der Waals surface area (Å²) in [5.74, 6) is 1.50. The van der Waals surface area contributed by atoms with Crippen LogP contribution >= 0.6 is 0 Å². The first kappa shape index (κ1) is 21.9. The molecule has 1 aliphatic heterocycles. The predicted octanol–water partition coefficient (Wildman–Crippen LogP) is 4.71. The van der Waals surface area contributed by atoms with Gasteiger partial charge in [-0.05, 0) is 42.8 Å². The fourth-order valence-corrected chi connectivity index (χ4v) is 4.43. The normalized spacial score (nSPS) is 14.4. The van der Waals surface area contributed by atoms with E-state index >= 15 is 0 Å². The molecule has 9 heteroatoms. The maximum atomic E-state index is 14.8. The number of aryl methyl sites for hydroxylation is 1. The Kier molecular flexibility index (Phi) is 5.27. The first-order valence-corrected chi connectivity index (χ1v) is 11.0. The monoisotopic (exact) mass is 461 g/mol. The van der Waals surface area contributed by atoms with E-state index in [1.54, 1.807) is 29.1 Å². The maximum Gasteiger partial charge on any atom is 0.174 e. The number of imidazole rings is 1. The van der Waals surface area contributed by atoms with Crippen LogP contribution in [0.5, 0.6) is 0 Å². The van der Waals surface area contributed by atoms with Crippen LogP contribution in [-0.4, -0.2) is 38.1 Å². The number of nitrogens with one attached hydrogen (secondary N) is 1. The zero-order valence-corrected chi connectivity index (χ0v) is 19.5. The Balaban J connectivity index is 1.52. The molecule has 0 atom stereocenters. The van der Waals surface area contributed by atoms with Gasteiger partial charge in [0.25, 0.3) is 0 Å². The number of aromatic nitrogens is 5. The van der Waals surface area contributed by atoms with Crippen LogP contribution < -0.4 is 10.2 Å². The molecule has 0 radical (unpaired) electrons. The van der Waals surface area contributed by atoms with Crippen molar-refractivity contribution in [3.8, 4) is 5.82 Å². The molecule has 3 aromatic heterocycles. The van der Waals surface area contributed by atoms with Gasteiger partial charge in [0.05, 0.1) is 5.69 Å². The Morgan fingerprint density at radius 2 is 1.82 bits per heavy atom. The highest BCUT2D eigenvalue weighted by Crippen LogP contribution is 2.46. The summed E-state index contributed by atoms with van der Waals surface area (Å²) in [5.41, 5.74) is 3.07. The Hall–Kier alpha value is -3.88. The van der Waals surface area contributed by atoms with Gasteiger partial charge in [-0.3, -0.25) is 4.57 Å². The van der Waals surface area contributed by atoms with Crippen LogP contribution in [0.2, 0.25) is 0 Å². The molecule has 0 aliphatic carbocycles. The van der Waals surface area contributed by atoms with E-state index in [2.05, 4.69) is 34.0 Å². The lowest BCUT2D eigenvalue weighted by Gasteiger charge is -2.21. The minimum atomic E-state index is -0.445. The number of anilines is 3. The van der Waals surface area contributed by atoms with Gasteiger partial charge in [-0.25, -0.2) is 28.7 Å². The van der Waals surface area contributed by atoms with Gasteiger partial charge in [-0.15, -0.1) is 0 Å². The zero-order chi connectivity index (χ0) is 24.0. The molecular formula is C25H25F2N7. The van der Waals surface area contributed by atoms with E-state index in [-0.39, 0.29) is 17.1 Å². The summed E-state index contributed by atoms with van der Waals surface area (Å²) in [6, 6.07) is 7.84. The van der Waals surface area contributed by atoms with E-state index in [4.69, 9.17) is 9.97 Å². The number of rotatable bonds is 5. The molecule has 4 heterocycles. The Morgan fingerprint density at radius 1 is 1.06 bits per heavy atom. The number of hydrogen-bond donors (Lipinski definition) is 1. The van der Waals surface area contributed by atoms with Crippen molar-refractivity contribution < 1.29 is 8.78 Å². The number of nitrogens with zero attached hydrogens (tertiary/aromatic N) is 6. The number of benzene rings is 1. The van der Waals surface area contributed by atoms with Crippen LogP contribution in [0.3, 0.4) is 0 Å². The largest absolute Gasteiger partial charge is 0.373 e. The standard InChI is InChI=1S/C25H25F2N7/c1-15-12-33(14-30-15)23-19(27)9-16(11-29-23)10-20-31-22(28-4)21-24(32-20)34(13-25(21,2)3)18-7-5-17(26)6-8-18/h5-9,11-12,14H,10,13H2,1-4H3,(H,28,31,32). The fourth-order valence-electron chi connectivity index (χ4n) is 4.43. The average Bonchev–Trinajstić information content (AvgIpc) is 3.34. The lowest BCUT2D eigenvalue weighted by atomic mass is 9.88. The van der Waals surface area contributed by atoms with Crippen molar-refractivity contribution in [3.63, 3.8) is 0 Å².